The predicted molar refractivity (Wildman–Crippen MR) is 76.5 cm³/mol. The standard InChI is InChI=1S/C13H11ClFN3S/c1-8-12(18-4-5-19-13(18)17-8)7-16-11-3-2-9(14)6-10(11)15/h2-6,16H,7H2,1H3. The Balaban J connectivity index is 1.85. The van der Waals surface area contributed by atoms with E-state index in [0.29, 0.717) is 17.3 Å². The number of imidazole rings is 1. The Morgan fingerprint density at radius 1 is 1.47 bits per heavy atom. The van der Waals surface area contributed by atoms with Crippen LogP contribution in [0.4, 0.5) is 10.1 Å². The lowest BCUT2D eigenvalue weighted by Gasteiger charge is -2.08. The summed E-state index contributed by atoms with van der Waals surface area (Å²) < 4.78 is 15.7. The maximum Gasteiger partial charge on any atom is 0.194 e. The summed E-state index contributed by atoms with van der Waals surface area (Å²) in [4.78, 5) is 5.40. The van der Waals surface area contributed by atoms with Crippen molar-refractivity contribution >= 4 is 33.6 Å². The summed E-state index contributed by atoms with van der Waals surface area (Å²) >= 11 is 7.31. The van der Waals surface area contributed by atoms with E-state index in [9.17, 15) is 4.39 Å². The lowest BCUT2D eigenvalue weighted by atomic mass is 10.3. The molecule has 3 rings (SSSR count). The van der Waals surface area contributed by atoms with Crippen molar-refractivity contribution in [3.05, 3.63) is 52.0 Å². The fraction of sp³-hybridized carbons (Fsp3) is 0.154. The lowest BCUT2D eigenvalue weighted by Crippen LogP contribution is -2.04. The van der Waals surface area contributed by atoms with Gasteiger partial charge in [-0.3, -0.25) is 4.40 Å². The average Bonchev–Trinajstić information content (AvgIpc) is 2.90. The molecule has 0 radical (unpaired) electrons. The Morgan fingerprint density at radius 2 is 2.32 bits per heavy atom. The smallest absolute Gasteiger partial charge is 0.194 e. The quantitative estimate of drug-likeness (QED) is 0.788. The van der Waals surface area contributed by atoms with Crippen molar-refractivity contribution in [1.29, 1.82) is 0 Å². The molecule has 19 heavy (non-hydrogen) atoms. The molecule has 0 bridgehead atoms. The van der Waals surface area contributed by atoms with Gasteiger partial charge < -0.3 is 5.32 Å². The number of benzene rings is 1. The van der Waals surface area contributed by atoms with Crippen LogP contribution >= 0.6 is 22.9 Å². The molecule has 6 heteroatoms. The largest absolute Gasteiger partial charge is 0.377 e. The zero-order valence-corrected chi connectivity index (χ0v) is 11.7. The number of aromatic nitrogens is 2. The first-order valence-electron chi connectivity index (χ1n) is 5.75. The maximum absolute atomic E-state index is 13.7. The second-order valence-electron chi connectivity index (χ2n) is 4.18. The number of rotatable bonds is 3. The summed E-state index contributed by atoms with van der Waals surface area (Å²) in [5.74, 6) is -0.351. The zero-order chi connectivity index (χ0) is 13.4. The number of fused-ring (bicyclic) bond motifs is 1. The highest BCUT2D eigenvalue weighted by Gasteiger charge is 2.10. The molecule has 0 unspecified atom stereocenters. The number of halogens is 2. The van der Waals surface area contributed by atoms with Crippen LogP contribution in [0.25, 0.3) is 4.96 Å². The van der Waals surface area contributed by atoms with Crippen molar-refractivity contribution in [2.75, 3.05) is 5.32 Å². The van der Waals surface area contributed by atoms with Gasteiger partial charge in [0.25, 0.3) is 0 Å². The third-order valence-corrected chi connectivity index (χ3v) is 3.93. The summed E-state index contributed by atoms with van der Waals surface area (Å²) in [6.45, 7) is 2.47. The van der Waals surface area contributed by atoms with Crippen LogP contribution in [0.5, 0.6) is 0 Å². The van der Waals surface area contributed by atoms with E-state index in [1.807, 2.05) is 22.9 Å². The van der Waals surface area contributed by atoms with E-state index in [0.717, 1.165) is 16.3 Å². The molecule has 2 aromatic heterocycles. The van der Waals surface area contributed by atoms with Crippen LogP contribution in [-0.2, 0) is 6.54 Å². The molecule has 1 aromatic carbocycles. The van der Waals surface area contributed by atoms with Crippen molar-refractivity contribution in [3.8, 4) is 0 Å². The summed E-state index contributed by atoms with van der Waals surface area (Å²) in [6.07, 6.45) is 1.97. The van der Waals surface area contributed by atoms with Gasteiger partial charge in [-0.05, 0) is 25.1 Å². The number of nitrogens with one attached hydrogen (secondary N) is 1. The fourth-order valence-corrected chi connectivity index (χ4v) is 2.90. The van der Waals surface area contributed by atoms with E-state index in [-0.39, 0.29) is 5.82 Å². The number of nitrogens with zero attached hydrogens (tertiary/aromatic N) is 2. The van der Waals surface area contributed by atoms with Gasteiger partial charge in [-0.25, -0.2) is 9.37 Å². The monoisotopic (exact) mass is 295 g/mol. The second kappa shape index (κ2) is 4.83. The van der Waals surface area contributed by atoms with Crippen LogP contribution in [0.15, 0.2) is 29.8 Å². The Bertz CT molecular complexity index is 735. The normalized spacial score (nSPS) is 11.1. The molecule has 0 atom stereocenters. The van der Waals surface area contributed by atoms with Crippen LogP contribution in [0, 0.1) is 12.7 Å². The molecule has 3 nitrogen and oxygen atoms in total. The van der Waals surface area contributed by atoms with E-state index >= 15 is 0 Å². The lowest BCUT2D eigenvalue weighted by molar-refractivity contribution is 0.630. The first-order chi connectivity index (χ1) is 9.15. The highest BCUT2D eigenvalue weighted by molar-refractivity contribution is 7.15. The number of anilines is 1. The third-order valence-electron chi connectivity index (χ3n) is 2.94. The molecule has 3 aromatic rings. The molecule has 0 aliphatic heterocycles. The SMILES string of the molecule is Cc1nc2sccn2c1CNc1ccc(Cl)cc1F. The minimum atomic E-state index is -0.351. The van der Waals surface area contributed by atoms with E-state index < -0.39 is 0 Å². The van der Waals surface area contributed by atoms with Crippen LogP contribution in [0.3, 0.4) is 0 Å². The molecular formula is C13H11ClFN3S. The molecule has 0 saturated carbocycles. The van der Waals surface area contributed by atoms with Crippen LogP contribution < -0.4 is 5.32 Å². The first-order valence-corrected chi connectivity index (χ1v) is 7.01. The van der Waals surface area contributed by atoms with E-state index in [2.05, 4.69) is 10.3 Å². The molecule has 0 aliphatic rings. The van der Waals surface area contributed by atoms with Crippen molar-refractivity contribution in [2.45, 2.75) is 13.5 Å². The molecule has 0 saturated heterocycles. The maximum atomic E-state index is 13.7. The van der Waals surface area contributed by atoms with Crippen molar-refractivity contribution in [1.82, 2.24) is 9.38 Å². The van der Waals surface area contributed by atoms with Gasteiger partial charge in [-0.1, -0.05) is 11.6 Å². The molecular weight excluding hydrogens is 285 g/mol. The highest BCUT2D eigenvalue weighted by Crippen LogP contribution is 2.21. The summed E-state index contributed by atoms with van der Waals surface area (Å²) in [5, 5.41) is 5.45. The average molecular weight is 296 g/mol. The molecule has 0 aliphatic carbocycles. The van der Waals surface area contributed by atoms with Gasteiger partial charge in [0.05, 0.1) is 23.6 Å². The number of hydrogen-bond acceptors (Lipinski definition) is 3. The van der Waals surface area contributed by atoms with Crippen molar-refractivity contribution < 1.29 is 4.39 Å². The van der Waals surface area contributed by atoms with E-state index in [4.69, 9.17) is 11.6 Å². The van der Waals surface area contributed by atoms with Gasteiger partial charge in [0.15, 0.2) is 4.96 Å². The predicted octanol–water partition coefficient (Wildman–Crippen LogP) is 4.11. The third kappa shape index (κ3) is 2.31. The second-order valence-corrected chi connectivity index (χ2v) is 5.49. The van der Waals surface area contributed by atoms with Gasteiger partial charge in [0, 0.05) is 16.6 Å². The van der Waals surface area contributed by atoms with Crippen molar-refractivity contribution in [2.24, 2.45) is 0 Å². The Morgan fingerprint density at radius 3 is 3.11 bits per heavy atom. The van der Waals surface area contributed by atoms with Crippen molar-refractivity contribution in [3.63, 3.8) is 0 Å². The number of hydrogen-bond donors (Lipinski definition) is 1. The Hall–Kier alpha value is -1.59. The summed E-state index contributed by atoms with van der Waals surface area (Å²) in [5.41, 5.74) is 2.42. The van der Waals surface area contributed by atoms with Gasteiger partial charge in [-0.15, -0.1) is 11.3 Å². The van der Waals surface area contributed by atoms with E-state index in [1.54, 1.807) is 23.5 Å². The highest BCUT2D eigenvalue weighted by atomic mass is 35.5. The molecule has 2 heterocycles. The first kappa shape index (κ1) is 12.4. The summed E-state index contributed by atoms with van der Waals surface area (Å²) in [6, 6.07) is 4.60. The van der Waals surface area contributed by atoms with Crippen LogP contribution in [0.2, 0.25) is 5.02 Å². The Labute approximate surface area is 118 Å². The molecule has 0 fully saturated rings. The minimum absolute atomic E-state index is 0.351. The topological polar surface area (TPSA) is 29.3 Å². The number of aryl methyl sites for hydroxylation is 1. The molecule has 98 valence electrons. The van der Waals surface area contributed by atoms with Crippen LogP contribution in [0.1, 0.15) is 11.4 Å². The van der Waals surface area contributed by atoms with Gasteiger partial charge in [-0.2, -0.15) is 0 Å². The summed E-state index contributed by atoms with van der Waals surface area (Å²) in [7, 11) is 0. The Kier molecular flexibility index (Phi) is 3.16. The van der Waals surface area contributed by atoms with Gasteiger partial charge in [0.2, 0.25) is 0 Å². The van der Waals surface area contributed by atoms with E-state index in [1.165, 1.54) is 6.07 Å². The van der Waals surface area contributed by atoms with Crippen LogP contribution in [-0.4, -0.2) is 9.38 Å². The van der Waals surface area contributed by atoms with Gasteiger partial charge in [0.1, 0.15) is 5.82 Å². The molecule has 0 amide bonds. The molecule has 0 spiro atoms. The fourth-order valence-electron chi connectivity index (χ4n) is 1.97. The number of thiazole rings is 1. The van der Waals surface area contributed by atoms with Gasteiger partial charge >= 0.3 is 0 Å². The zero-order valence-electron chi connectivity index (χ0n) is 10.2. The molecule has 1 N–H and O–H groups in total. The minimum Gasteiger partial charge on any atom is -0.377 e.